The number of fused-ring (bicyclic) bond motifs is 1. The normalized spacial score (nSPS) is 12.5. The summed E-state index contributed by atoms with van der Waals surface area (Å²) in [5.41, 5.74) is -0.0612. The molecule has 0 radical (unpaired) electrons. The highest BCUT2D eigenvalue weighted by Crippen LogP contribution is 2.38. The van der Waals surface area contributed by atoms with Crippen molar-refractivity contribution in [1.82, 2.24) is 15.2 Å². The van der Waals surface area contributed by atoms with Gasteiger partial charge in [0, 0.05) is 35.8 Å². The average molecular weight is 391 g/mol. The van der Waals surface area contributed by atoms with Crippen molar-refractivity contribution in [3.63, 3.8) is 0 Å². The van der Waals surface area contributed by atoms with Crippen LogP contribution in [0.25, 0.3) is 22.0 Å². The second-order valence-electron chi connectivity index (χ2n) is 7.11. The molecule has 0 saturated carbocycles. The highest BCUT2D eigenvalue weighted by atomic mass is 19.4. The first-order chi connectivity index (χ1) is 13.1. The van der Waals surface area contributed by atoms with Gasteiger partial charge in [0.15, 0.2) is 0 Å². The van der Waals surface area contributed by atoms with E-state index in [2.05, 4.69) is 15.2 Å². The molecule has 0 aliphatic carbocycles. The number of methoxy groups -OCH3 is 1. The lowest BCUT2D eigenvalue weighted by Crippen LogP contribution is -2.23. The van der Waals surface area contributed by atoms with Crippen molar-refractivity contribution >= 4 is 10.8 Å². The van der Waals surface area contributed by atoms with Crippen LogP contribution in [-0.4, -0.2) is 33.0 Å². The molecule has 0 atom stereocenters. The fourth-order valence-electron chi connectivity index (χ4n) is 2.86. The Morgan fingerprint density at radius 3 is 2.46 bits per heavy atom. The zero-order valence-electron chi connectivity index (χ0n) is 15.7. The maximum Gasteiger partial charge on any atom is 0.416 e. The van der Waals surface area contributed by atoms with Crippen LogP contribution in [0.4, 0.5) is 13.2 Å². The molecule has 148 valence electrons. The largest absolute Gasteiger partial charge is 0.507 e. The summed E-state index contributed by atoms with van der Waals surface area (Å²) in [7, 11) is 1.64. The molecule has 3 aromatic rings. The minimum atomic E-state index is -4.54. The smallest absolute Gasteiger partial charge is 0.416 e. The molecule has 3 rings (SSSR count). The number of aromatic nitrogens is 3. The number of phenolic OH excluding ortho intramolecular Hbond substituents is 1. The summed E-state index contributed by atoms with van der Waals surface area (Å²) in [5.74, 6) is -0.504. The van der Waals surface area contributed by atoms with E-state index < -0.39 is 17.5 Å². The molecule has 0 amide bonds. The van der Waals surface area contributed by atoms with Gasteiger partial charge in [-0.25, -0.2) is 0 Å². The van der Waals surface area contributed by atoms with E-state index in [4.69, 9.17) is 4.74 Å². The molecule has 5 nitrogen and oxygen atoms in total. The van der Waals surface area contributed by atoms with Gasteiger partial charge in [0.25, 0.3) is 0 Å². The maximum atomic E-state index is 12.9. The zero-order valence-corrected chi connectivity index (χ0v) is 15.7. The van der Waals surface area contributed by atoms with Crippen LogP contribution >= 0.6 is 0 Å². The molecule has 0 bridgehead atoms. The number of aryl methyl sites for hydroxylation is 1. The molecule has 0 unspecified atom stereocenters. The molecule has 0 saturated heterocycles. The van der Waals surface area contributed by atoms with E-state index in [9.17, 15) is 18.3 Å². The fourth-order valence-corrected chi connectivity index (χ4v) is 2.86. The standard InChI is InChI=1S/C20H20F3N3O2/c1-19(2,28-3)8-6-16-15-11-24-9-7-13(15)18(26-25-16)14-5-4-12(10-17(14)27)20(21,22)23/h4-5,7,9-11,27H,6,8H2,1-3H3. The average Bonchev–Trinajstić information content (AvgIpc) is 2.65. The monoisotopic (exact) mass is 391 g/mol. The summed E-state index contributed by atoms with van der Waals surface area (Å²) in [5, 5.41) is 20.0. The Morgan fingerprint density at radius 2 is 1.82 bits per heavy atom. The molecule has 0 spiro atoms. The van der Waals surface area contributed by atoms with E-state index in [1.807, 2.05) is 13.8 Å². The van der Waals surface area contributed by atoms with Gasteiger partial charge < -0.3 is 9.84 Å². The van der Waals surface area contributed by atoms with Crippen LogP contribution in [0.1, 0.15) is 31.5 Å². The SMILES string of the molecule is COC(C)(C)CCc1nnc(-c2ccc(C(F)(F)F)cc2O)c2ccncc12. The van der Waals surface area contributed by atoms with Gasteiger partial charge in [0.05, 0.1) is 16.9 Å². The van der Waals surface area contributed by atoms with Crippen molar-refractivity contribution < 1.29 is 23.0 Å². The number of ether oxygens (including phenoxy) is 1. The highest BCUT2D eigenvalue weighted by Gasteiger charge is 2.31. The van der Waals surface area contributed by atoms with E-state index in [1.165, 1.54) is 6.07 Å². The summed E-state index contributed by atoms with van der Waals surface area (Å²) in [6.07, 6.45) is -0.0324. The Morgan fingerprint density at radius 1 is 1.07 bits per heavy atom. The van der Waals surface area contributed by atoms with Crippen LogP contribution < -0.4 is 0 Å². The Kier molecular flexibility index (Phi) is 5.25. The predicted octanol–water partition coefficient (Wildman–Crippen LogP) is 4.77. The van der Waals surface area contributed by atoms with Gasteiger partial charge in [-0.15, -0.1) is 5.10 Å². The van der Waals surface area contributed by atoms with Crippen LogP contribution in [0.2, 0.25) is 0 Å². The number of hydrogen-bond donors (Lipinski definition) is 1. The molecule has 0 aliphatic rings. The number of rotatable bonds is 5. The van der Waals surface area contributed by atoms with E-state index in [0.29, 0.717) is 35.7 Å². The number of alkyl halides is 3. The zero-order chi connectivity index (χ0) is 20.5. The lowest BCUT2D eigenvalue weighted by atomic mass is 9.97. The van der Waals surface area contributed by atoms with Crippen LogP contribution in [-0.2, 0) is 17.3 Å². The molecule has 1 aromatic carbocycles. The fraction of sp³-hybridized carbons (Fsp3) is 0.350. The maximum absolute atomic E-state index is 12.9. The first-order valence-corrected chi connectivity index (χ1v) is 8.67. The van der Waals surface area contributed by atoms with E-state index in [1.54, 1.807) is 25.6 Å². The quantitative estimate of drug-likeness (QED) is 0.678. The number of benzene rings is 1. The minimum absolute atomic E-state index is 0.181. The first kappa shape index (κ1) is 20.0. The van der Waals surface area contributed by atoms with Crippen molar-refractivity contribution in [3.8, 4) is 17.0 Å². The number of pyridine rings is 1. The molecule has 1 N–H and O–H groups in total. The van der Waals surface area contributed by atoms with E-state index in [0.717, 1.165) is 11.5 Å². The first-order valence-electron chi connectivity index (χ1n) is 8.67. The van der Waals surface area contributed by atoms with Crippen LogP contribution in [0, 0.1) is 0 Å². The Bertz CT molecular complexity index is 1000. The second-order valence-corrected chi connectivity index (χ2v) is 7.11. The molecular weight excluding hydrogens is 371 g/mol. The van der Waals surface area contributed by atoms with Gasteiger partial charge in [0.2, 0.25) is 0 Å². The number of phenols is 1. The number of halogens is 3. The third-order valence-electron chi connectivity index (χ3n) is 4.75. The van der Waals surface area contributed by atoms with Crippen molar-refractivity contribution in [2.24, 2.45) is 0 Å². The Hall–Kier alpha value is -2.74. The lowest BCUT2D eigenvalue weighted by molar-refractivity contribution is -0.137. The summed E-state index contributed by atoms with van der Waals surface area (Å²) in [6, 6.07) is 4.52. The Balaban J connectivity index is 2.06. The van der Waals surface area contributed by atoms with Crippen molar-refractivity contribution in [2.75, 3.05) is 7.11 Å². The van der Waals surface area contributed by atoms with Crippen LogP contribution in [0.15, 0.2) is 36.7 Å². The summed E-state index contributed by atoms with van der Waals surface area (Å²) < 4.78 is 44.0. The summed E-state index contributed by atoms with van der Waals surface area (Å²) in [6.45, 7) is 3.94. The van der Waals surface area contributed by atoms with Gasteiger partial charge in [-0.05, 0) is 51.0 Å². The predicted molar refractivity (Wildman–Crippen MR) is 98.8 cm³/mol. The second kappa shape index (κ2) is 7.35. The summed E-state index contributed by atoms with van der Waals surface area (Å²) in [4.78, 5) is 4.13. The molecular formula is C20H20F3N3O2. The van der Waals surface area contributed by atoms with Gasteiger partial charge in [-0.3, -0.25) is 4.98 Å². The molecule has 2 heterocycles. The molecule has 28 heavy (non-hydrogen) atoms. The molecule has 0 aliphatic heterocycles. The third kappa shape index (κ3) is 4.06. The van der Waals surface area contributed by atoms with Crippen molar-refractivity contribution in [3.05, 3.63) is 47.9 Å². The lowest BCUT2D eigenvalue weighted by Gasteiger charge is -2.22. The van der Waals surface area contributed by atoms with Gasteiger partial charge in [-0.2, -0.15) is 18.3 Å². The molecule has 0 fully saturated rings. The Labute approximate surface area is 160 Å². The summed E-state index contributed by atoms with van der Waals surface area (Å²) >= 11 is 0. The number of nitrogens with zero attached hydrogens (tertiary/aromatic N) is 3. The number of aromatic hydroxyl groups is 1. The van der Waals surface area contributed by atoms with Crippen molar-refractivity contribution in [2.45, 2.75) is 38.5 Å². The molecule has 8 heteroatoms. The van der Waals surface area contributed by atoms with Crippen LogP contribution in [0.3, 0.4) is 0 Å². The highest BCUT2D eigenvalue weighted by molar-refractivity contribution is 5.96. The van der Waals surface area contributed by atoms with Crippen LogP contribution in [0.5, 0.6) is 5.75 Å². The van der Waals surface area contributed by atoms with Gasteiger partial charge >= 0.3 is 6.18 Å². The minimum Gasteiger partial charge on any atom is -0.507 e. The van der Waals surface area contributed by atoms with E-state index >= 15 is 0 Å². The third-order valence-corrected chi connectivity index (χ3v) is 4.75. The van der Waals surface area contributed by atoms with Crippen molar-refractivity contribution in [1.29, 1.82) is 0 Å². The topological polar surface area (TPSA) is 68.1 Å². The molecule has 2 aromatic heterocycles. The van der Waals surface area contributed by atoms with Gasteiger partial charge in [-0.1, -0.05) is 0 Å². The van der Waals surface area contributed by atoms with E-state index in [-0.39, 0.29) is 11.2 Å². The number of hydrogen-bond acceptors (Lipinski definition) is 5. The van der Waals surface area contributed by atoms with Gasteiger partial charge in [0.1, 0.15) is 11.4 Å².